The lowest BCUT2D eigenvalue weighted by Crippen LogP contribution is -2.54. The molecule has 0 amide bonds. The van der Waals surface area contributed by atoms with Crippen LogP contribution in [-0.2, 0) is 17.1 Å². The van der Waals surface area contributed by atoms with Crippen LogP contribution in [0.2, 0.25) is 0 Å². The van der Waals surface area contributed by atoms with Crippen molar-refractivity contribution in [1.29, 1.82) is 0 Å². The molecule has 3 atom stereocenters. The summed E-state index contributed by atoms with van der Waals surface area (Å²) in [7, 11) is 0. The smallest absolute Gasteiger partial charge is 0.303 e. The van der Waals surface area contributed by atoms with Gasteiger partial charge in [-0.25, -0.2) is 4.98 Å². The van der Waals surface area contributed by atoms with Crippen molar-refractivity contribution < 1.29 is 18.7 Å². The zero-order valence-corrected chi connectivity index (χ0v) is 15.9. The van der Waals surface area contributed by atoms with Gasteiger partial charge in [0.05, 0.1) is 0 Å². The Morgan fingerprint density at radius 1 is 1.21 bits per heavy atom. The first-order chi connectivity index (χ1) is 13.4. The number of aliphatic carboxylic acids is 1. The topological polar surface area (TPSA) is 69.6 Å². The van der Waals surface area contributed by atoms with Crippen molar-refractivity contribution in [2.45, 2.75) is 63.3 Å². The number of halogens is 2. The molecular weight excluding hydrogens is 366 g/mol. The highest BCUT2D eigenvalue weighted by atomic mass is 19.3. The monoisotopic (exact) mass is 392 g/mol. The van der Waals surface area contributed by atoms with E-state index in [0.717, 1.165) is 25.9 Å². The fourth-order valence-electron chi connectivity index (χ4n) is 5.49. The Morgan fingerprint density at radius 3 is 2.86 bits per heavy atom. The molecule has 3 fully saturated rings. The third-order valence-corrected chi connectivity index (χ3v) is 7.07. The molecule has 0 aromatic carbocycles. The molecule has 3 heterocycles. The largest absolute Gasteiger partial charge is 0.481 e. The lowest BCUT2D eigenvalue weighted by molar-refractivity contribution is -0.137. The molecule has 1 saturated carbocycles. The molecule has 0 spiro atoms. The number of nitrogens with zero attached hydrogens (tertiary/aromatic N) is 4. The Hall–Kier alpha value is -1.99. The number of carboxylic acid groups (broad SMARTS) is 1. The van der Waals surface area contributed by atoms with E-state index in [0.29, 0.717) is 48.7 Å². The Bertz CT molecular complexity index is 803. The number of hydrogen-bond acceptors (Lipinski definition) is 5. The summed E-state index contributed by atoms with van der Waals surface area (Å²) in [4.78, 5) is 24.2. The lowest BCUT2D eigenvalue weighted by atomic mass is 9.92. The molecule has 0 radical (unpaired) electrons. The van der Waals surface area contributed by atoms with Crippen LogP contribution in [0.25, 0.3) is 0 Å². The summed E-state index contributed by atoms with van der Waals surface area (Å²) in [6.45, 7) is 2.30. The number of aromatic nitrogens is 2. The second-order valence-electron chi connectivity index (χ2n) is 8.82. The molecule has 28 heavy (non-hydrogen) atoms. The van der Waals surface area contributed by atoms with Gasteiger partial charge in [0, 0.05) is 44.1 Å². The summed E-state index contributed by atoms with van der Waals surface area (Å²) in [5.41, 5.74) is 0.513. The molecule has 8 heteroatoms. The maximum atomic E-state index is 14.5. The van der Waals surface area contributed by atoms with Crippen molar-refractivity contribution >= 4 is 17.7 Å². The number of rotatable bonds is 5. The summed E-state index contributed by atoms with van der Waals surface area (Å²) >= 11 is 0. The highest BCUT2D eigenvalue weighted by Gasteiger charge is 2.47. The summed E-state index contributed by atoms with van der Waals surface area (Å²) in [5, 5.41) is 8.92. The Labute approximate surface area is 162 Å². The highest BCUT2D eigenvalue weighted by molar-refractivity contribution is 5.66. The molecule has 4 aliphatic rings. The van der Waals surface area contributed by atoms with Crippen LogP contribution in [0, 0.1) is 11.8 Å². The van der Waals surface area contributed by atoms with Gasteiger partial charge < -0.3 is 14.9 Å². The zero-order valence-electron chi connectivity index (χ0n) is 15.9. The van der Waals surface area contributed by atoms with E-state index >= 15 is 0 Å². The van der Waals surface area contributed by atoms with Crippen LogP contribution >= 0.6 is 0 Å². The second-order valence-corrected chi connectivity index (χ2v) is 8.82. The summed E-state index contributed by atoms with van der Waals surface area (Å²) in [6, 6.07) is 0.405. The normalized spacial score (nSPS) is 30.3. The van der Waals surface area contributed by atoms with Crippen LogP contribution in [0.5, 0.6) is 0 Å². The first kappa shape index (κ1) is 18.1. The third-order valence-electron chi connectivity index (χ3n) is 7.07. The predicted molar refractivity (Wildman–Crippen MR) is 99.9 cm³/mol. The van der Waals surface area contributed by atoms with Crippen molar-refractivity contribution in [2.75, 3.05) is 29.4 Å². The Balaban J connectivity index is 1.43. The van der Waals surface area contributed by atoms with Gasteiger partial charge in [-0.05, 0) is 43.9 Å². The third kappa shape index (κ3) is 2.92. The molecule has 1 aromatic rings. The first-order valence-corrected chi connectivity index (χ1v) is 10.4. The van der Waals surface area contributed by atoms with Crippen LogP contribution in [0.15, 0.2) is 0 Å². The molecule has 1 aromatic heterocycles. The van der Waals surface area contributed by atoms with Crippen molar-refractivity contribution in [3.63, 3.8) is 0 Å². The minimum atomic E-state index is -2.88. The van der Waals surface area contributed by atoms with Crippen molar-refractivity contribution in [2.24, 2.45) is 11.8 Å². The van der Waals surface area contributed by atoms with Crippen LogP contribution in [0.4, 0.5) is 20.5 Å². The van der Waals surface area contributed by atoms with Crippen LogP contribution in [0.3, 0.4) is 0 Å². The second kappa shape index (κ2) is 6.52. The number of anilines is 2. The highest BCUT2D eigenvalue weighted by Crippen LogP contribution is 2.47. The average Bonchev–Trinajstić information content (AvgIpc) is 3.32. The van der Waals surface area contributed by atoms with Crippen molar-refractivity contribution in [3.05, 3.63) is 11.3 Å². The number of carbonyl (C=O) groups is 1. The molecule has 2 unspecified atom stereocenters. The quantitative estimate of drug-likeness (QED) is 0.830. The number of fused-ring (bicyclic) bond motifs is 2. The van der Waals surface area contributed by atoms with Gasteiger partial charge in [0.15, 0.2) is 0 Å². The van der Waals surface area contributed by atoms with Crippen LogP contribution in [0.1, 0.15) is 56.2 Å². The SMILES string of the molecule is O=C(O)CC[C@H]1CCN(c2nc(N3CC4CCCC43)nc3c2CCC3(F)F)C1. The van der Waals surface area contributed by atoms with Gasteiger partial charge in [0.2, 0.25) is 5.95 Å². The van der Waals surface area contributed by atoms with Crippen LogP contribution < -0.4 is 9.80 Å². The van der Waals surface area contributed by atoms with E-state index in [2.05, 4.69) is 14.8 Å². The van der Waals surface area contributed by atoms with Gasteiger partial charge in [-0.1, -0.05) is 6.42 Å². The average molecular weight is 392 g/mol. The molecule has 0 bridgehead atoms. The van der Waals surface area contributed by atoms with E-state index in [1.54, 1.807) is 0 Å². The number of carboxylic acids is 1. The number of alkyl halides is 2. The van der Waals surface area contributed by atoms with Crippen LogP contribution in [-0.4, -0.2) is 46.7 Å². The maximum absolute atomic E-state index is 14.5. The first-order valence-electron chi connectivity index (χ1n) is 10.4. The Kier molecular flexibility index (Phi) is 4.21. The van der Waals surface area contributed by atoms with Crippen molar-refractivity contribution in [3.8, 4) is 0 Å². The summed E-state index contributed by atoms with van der Waals surface area (Å²) < 4.78 is 29.1. The van der Waals surface area contributed by atoms with Gasteiger partial charge in [-0.3, -0.25) is 4.79 Å². The standard InChI is InChI=1S/C20H26F2N4O2/c21-20(22)8-6-14-17(20)23-19(26-11-13-2-1-3-15(13)26)24-18(14)25-9-7-12(10-25)4-5-16(27)28/h12-13,15H,1-11H2,(H,27,28)/t12-,13?,15?/m0/s1. The van der Waals surface area contributed by atoms with Gasteiger partial charge in [0.1, 0.15) is 11.5 Å². The number of hydrogen-bond donors (Lipinski definition) is 1. The van der Waals surface area contributed by atoms with Gasteiger partial charge in [-0.15, -0.1) is 0 Å². The van der Waals surface area contributed by atoms with Gasteiger partial charge in [0.25, 0.3) is 5.92 Å². The fraction of sp³-hybridized carbons (Fsp3) is 0.750. The minimum Gasteiger partial charge on any atom is -0.481 e. The molecule has 2 aliphatic heterocycles. The van der Waals surface area contributed by atoms with E-state index in [1.165, 1.54) is 12.8 Å². The predicted octanol–water partition coefficient (Wildman–Crippen LogP) is 3.19. The summed E-state index contributed by atoms with van der Waals surface area (Å²) in [5.74, 6) is -1.61. The minimum absolute atomic E-state index is 0.0806. The molecular formula is C20H26F2N4O2. The maximum Gasteiger partial charge on any atom is 0.303 e. The van der Waals surface area contributed by atoms with Crippen molar-refractivity contribution in [1.82, 2.24) is 9.97 Å². The lowest BCUT2D eigenvalue weighted by Gasteiger charge is -2.45. The van der Waals surface area contributed by atoms with E-state index in [-0.39, 0.29) is 24.5 Å². The molecule has 2 aliphatic carbocycles. The zero-order chi connectivity index (χ0) is 19.5. The molecule has 5 rings (SSSR count). The van der Waals surface area contributed by atoms with E-state index in [9.17, 15) is 13.6 Å². The fourth-order valence-corrected chi connectivity index (χ4v) is 5.49. The summed E-state index contributed by atoms with van der Waals surface area (Å²) in [6.07, 6.45) is 5.27. The Morgan fingerprint density at radius 2 is 2.07 bits per heavy atom. The molecule has 1 N–H and O–H groups in total. The van der Waals surface area contributed by atoms with Gasteiger partial charge >= 0.3 is 5.97 Å². The van der Waals surface area contributed by atoms with Gasteiger partial charge in [-0.2, -0.15) is 13.8 Å². The molecule has 152 valence electrons. The van der Waals surface area contributed by atoms with E-state index in [1.807, 2.05) is 0 Å². The molecule has 6 nitrogen and oxygen atoms in total. The van der Waals surface area contributed by atoms with E-state index < -0.39 is 11.9 Å². The molecule has 2 saturated heterocycles. The van der Waals surface area contributed by atoms with E-state index in [4.69, 9.17) is 10.1 Å².